The zero-order valence-corrected chi connectivity index (χ0v) is 17.6. The monoisotopic (exact) mass is 502 g/mol. The molecule has 1 saturated heterocycles. The maximum atomic E-state index is 13.7. The van der Waals surface area contributed by atoms with Gasteiger partial charge in [-0.1, -0.05) is 13.8 Å². The van der Waals surface area contributed by atoms with Gasteiger partial charge in [-0.3, -0.25) is 9.79 Å². The normalized spacial score (nSPS) is 17.1. The molecule has 2 rings (SSSR count). The maximum Gasteiger partial charge on any atom is 0.225 e. The van der Waals surface area contributed by atoms with Crippen molar-refractivity contribution in [1.82, 2.24) is 15.5 Å². The highest BCUT2D eigenvalue weighted by molar-refractivity contribution is 14.0. The molecule has 0 spiro atoms. The second-order valence-electron chi connectivity index (χ2n) is 6.44. The van der Waals surface area contributed by atoms with Gasteiger partial charge in [0.15, 0.2) is 29.2 Å². The van der Waals surface area contributed by atoms with Crippen LogP contribution >= 0.6 is 24.0 Å². The quantitative estimate of drug-likeness (QED) is 0.219. The molecule has 0 bridgehead atoms. The predicted octanol–water partition coefficient (Wildman–Crippen LogP) is 2.78. The zero-order chi connectivity index (χ0) is 19.4. The number of aliphatic imine (C=N–C) groups is 1. The van der Waals surface area contributed by atoms with Gasteiger partial charge < -0.3 is 15.5 Å². The van der Waals surface area contributed by atoms with Crippen LogP contribution in [-0.2, 0) is 11.3 Å². The summed E-state index contributed by atoms with van der Waals surface area (Å²) in [5.41, 5.74) is -0.742. The van der Waals surface area contributed by atoms with Gasteiger partial charge in [-0.05, 0) is 6.42 Å². The molecule has 0 aliphatic carbocycles. The lowest BCUT2D eigenvalue weighted by atomic mass is 10.2. The Kier molecular flexibility index (Phi) is 8.76. The van der Waals surface area contributed by atoms with Gasteiger partial charge in [-0.15, -0.1) is 24.0 Å². The molecule has 5 nitrogen and oxygen atoms in total. The van der Waals surface area contributed by atoms with Crippen LogP contribution in [0.5, 0.6) is 0 Å². The number of benzene rings is 1. The summed E-state index contributed by atoms with van der Waals surface area (Å²) in [6.45, 7) is 4.25. The molecule has 1 aliphatic heterocycles. The van der Waals surface area contributed by atoms with E-state index in [1.165, 1.54) is 7.05 Å². The number of halogens is 5. The van der Waals surface area contributed by atoms with Crippen molar-refractivity contribution in [2.75, 3.05) is 20.1 Å². The third-order valence-corrected chi connectivity index (χ3v) is 4.19. The van der Waals surface area contributed by atoms with Crippen molar-refractivity contribution in [1.29, 1.82) is 0 Å². The number of nitrogens with zero attached hydrogens (tertiary/aromatic N) is 2. The zero-order valence-electron chi connectivity index (χ0n) is 15.3. The van der Waals surface area contributed by atoms with Crippen molar-refractivity contribution in [3.05, 3.63) is 34.9 Å². The lowest BCUT2D eigenvalue weighted by Gasteiger charge is -2.20. The van der Waals surface area contributed by atoms with E-state index in [-0.39, 0.29) is 53.9 Å². The molecule has 1 aliphatic rings. The molecule has 1 unspecified atom stereocenters. The van der Waals surface area contributed by atoms with E-state index in [2.05, 4.69) is 15.6 Å². The van der Waals surface area contributed by atoms with E-state index in [1.54, 1.807) is 4.90 Å². The Morgan fingerprint density at radius 3 is 2.37 bits per heavy atom. The van der Waals surface area contributed by atoms with E-state index in [9.17, 15) is 22.4 Å². The van der Waals surface area contributed by atoms with E-state index in [0.29, 0.717) is 19.5 Å². The highest BCUT2D eigenvalue weighted by Gasteiger charge is 2.28. The van der Waals surface area contributed by atoms with Crippen LogP contribution in [0.3, 0.4) is 0 Å². The Balaban J connectivity index is 0.00000364. The Morgan fingerprint density at radius 1 is 1.26 bits per heavy atom. The topological polar surface area (TPSA) is 56.7 Å². The molecule has 0 saturated carbocycles. The summed E-state index contributed by atoms with van der Waals surface area (Å²) >= 11 is 0. The number of rotatable bonds is 4. The molecule has 1 aromatic carbocycles. The van der Waals surface area contributed by atoms with Crippen LogP contribution in [0.1, 0.15) is 25.8 Å². The molecule has 27 heavy (non-hydrogen) atoms. The first-order valence-electron chi connectivity index (χ1n) is 8.32. The fourth-order valence-electron chi connectivity index (χ4n) is 2.78. The first kappa shape index (κ1) is 23.4. The third-order valence-electron chi connectivity index (χ3n) is 4.19. The van der Waals surface area contributed by atoms with Gasteiger partial charge in [0.2, 0.25) is 5.91 Å². The van der Waals surface area contributed by atoms with Gasteiger partial charge in [0.25, 0.3) is 0 Å². The summed E-state index contributed by atoms with van der Waals surface area (Å²) in [5.74, 6) is -5.62. The van der Waals surface area contributed by atoms with Gasteiger partial charge in [0, 0.05) is 50.3 Å². The lowest BCUT2D eigenvalue weighted by Crippen LogP contribution is -2.45. The second kappa shape index (κ2) is 10.1. The minimum Gasteiger partial charge on any atom is -0.352 e. The average molecular weight is 502 g/mol. The van der Waals surface area contributed by atoms with Crippen LogP contribution in [0, 0.1) is 29.2 Å². The van der Waals surface area contributed by atoms with E-state index in [4.69, 9.17) is 0 Å². The molecule has 1 fully saturated rings. The van der Waals surface area contributed by atoms with E-state index in [0.717, 1.165) is 0 Å². The molecule has 1 aromatic rings. The van der Waals surface area contributed by atoms with Gasteiger partial charge >= 0.3 is 0 Å². The van der Waals surface area contributed by atoms with Crippen LogP contribution in [-0.4, -0.2) is 42.9 Å². The highest BCUT2D eigenvalue weighted by atomic mass is 127. The number of carbonyl (C=O) groups is 1. The summed E-state index contributed by atoms with van der Waals surface area (Å²) < 4.78 is 53.9. The van der Waals surface area contributed by atoms with Crippen LogP contribution in [0.4, 0.5) is 17.6 Å². The Morgan fingerprint density at radius 2 is 1.85 bits per heavy atom. The smallest absolute Gasteiger partial charge is 0.225 e. The van der Waals surface area contributed by atoms with Gasteiger partial charge in [-0.2, -0.15) is 0 Å². The number of carbonyl (C=O) groups excluding carboxylic acids is 1. The summed E-state index contributed by atoms with van der Waals surface area (Å²) in [4.78, 5) is 17.7. The maximum absolute atomic E-state index is 13.7. The second-order valence-corrected chi connectivity index (χ2v) is 6.44. The van der Waals surface area contributed by atoms with E-state index < -0.39 is 35.4 Å². The molecule has 0 radical (unpaired) electrons. The van der Waals surface area contributed by atoms with Gasteiger partial charge in [0.1, 0.15) is 0 Å². The summed E-state index contributed by atoms with van der Waals surface area (Å²) in [6.07, 6.45) is 0.691. The Labute approximate surface area is 172 Å². The van der Waals surface area contributed by atoms with Crippen molar-refractivity contribution in [2.45, 2.75) is 32.9 Å². The van der Waals surface area contributed by atoms with Crippen molar-refractivity contribution in [2.24, 2.45) is 10.9 Å². The molecule has 1 atom stereocenters. The van der Waals surface area contributed by atoms with Crippen LogP contribution in [0.2, 0.25) is 0 Å². The lowest BCUT2D eigenvalue weighted by molar-refractivity contribution is -0.133. The van der Waals surface area contributed by atoms with Crippen LogP contribution in [0.15, 0.2) is 11.1 Å². The SMILES string of the molecule is CN=C(NCc1c(F)c(F)cc(F)c1F)NC1CCN(C(=O)C(C)C)C1.I. The molecular weight excluding hydrogens is 479 g/mol. The number of likely N-dealkylation sites (tertiary alicyclic amines) is 1. The van der Waals surface area contributed by atoms with Crippen LogP contribution in [0.25, 0.3) is 0 Å². The molecule has 1 heterocycles. The van der Waals surface area contributed by atoms with Crippen molar-refractivity contribution in [3.63, 3.8) is 0 Å². The fourth-order valence-corrected chi connectivity index (χ4v) is 2.78. The molecule has 0 aromatic heterocycles. The summed E-state index contributed by atoms with van der Waals surface area (Å²) in [5, 5.41) is 5.68. The van der Waals surface area contributed by atoms with Gasteiger partial charge in [-0.25, -0.2) is 17.6 Å². The average Bonchev–Trinajstić information content (AvgIpc) is 3.06. The molecule has 152 valence electrons. The van der Waals surface area contributed by atoms with Crippen molar-refractivity contribution >= 4 is 35.8 Å². The van der Waals surface area contributed by atoms with Crippen molar-refractivity contribution in [3.8, 4) is 0 Å². The molecule has 2 N–H and O–H groups in total. The van der Waals surface area contributed by atoms with E-state index in [1.807, 2.05) is 13.8 Å². The van der Waals surface area contributed by atoms with Crippen molar-refractivity contribution < 1.29 is 22.4 Å². The highest BCUT2D eigenvalue weighted by Crippen LogP contribution is 2.19. The standard InChI is InChI=1S/C17H22F4N4O.HI/c1-9(2)16(26)25-5-4-10(8-25)24-17(22-3)23-7-11-14(20)12(18)6-13(19)15(11)21;/h6,9-10H,4-5,7-8H2,1-3H3,(H2,22,23,24);1H. The fraction of sp³-hybridized carbons (Fsp3) is 0.529. The number of guanidine groups is 1. The summed E-state index contributed by atoms with van der Waals surface area (Å²) in [6, 6.07) is 0.0860. The largest absolute Gasteiger partial charge is 0.352 e. The van der Waals surface area contributed by atoms with E-state index >= 15 is 0 Å². The Hall–Kier alpha value is -1.59. The number of hydrogen-bond acceptors (Lipinski definition) is 2. The first-order valence-corrected chi connectivity index (χ1v) is 8.32. The number of hydrogen-bond donors (Lipinski definition) is 2. The third kappa shape index (κ3) is 5.69. The minimum absolute atomic E-state index is 0. The molecule has 1 amide bonds. The molecule has 10 heteroatoms. The summed E-state index contributed by atoms with van der Waals surface area (Å²) in [7, 11) is 1.46. The number of nitrogens with one attached hydrogen (secondary N) is 2. The van der Waals surface area contributed by atoms with Crippen LogP contribution < -0.4 is 10.6 Å². The van der Waals surface area contributed by atoms with Gasteiger partial charge in [0.05, 0.1) is 0 Å². The first-order chi connectivity index (χ1) is 12.2. The minimum atomic E-state index is -1.46. The predicted molar refractivity (Wildman–Crippen MR) is 105 cm³/mol. The molecular formula is C17H23F4IN4O. The number of amides is 1. The Bertz CT molecular complexity index is 688.